The smallest absolute Gasteiger partial charge is 0.388 e. The summed E-state index contributed by atoms with van der Waals surface area (Å²) in [6.07, 6.45) is 1.09. The molecular formula is C30H29F2N3O5. The van der Waals surface area contributed by atoms with Gasteiger partial charge >= 0.3 is 12.6 Å². The molecular weight excluding hydrogens is 520 g/mol. The molecule has 40 heavy (non-hydrogen) atoms. The minimum absolute atomic E-state index is 0.169. The maximum absolute atomic E-state index is 13.3. The van der Waals surface area contributed by atoms with Gasteiger partial charge in [0.05, 0.1) is 36.6 Å². The Bertz CT molecular complexity index is 1660. The highest BCUT2D eigenvalue weighted by Crippen LogP contribution is 2.40. The molecule has 0 atom stereocenters. The number of aliphatic hydroxyl groups is 1. The van der Waals surface area contributed by atoms with E-state index in [2.05, 4.69) is 10.1 Å². The van der Waals surface area contributed by atoms with Crippen LogP contribution in [0.3, 0.4) is 0 Å². The number of rotatable bonds is 11. The van der Waals surface area contributed by atoms with Crippen molar-refractivity contribution in [1.82, 2.24) is 14.8 Å². The first-order valence-electron chi connectivity index (χ1n) is 13.0. The molecule has 10 heteroatoms. The highest BCUT2D eigenvalue weighted by atomic mass is 19.3. The fourth-order valence-electron chi connectivity index (χ4n) is 5.03. The number of carbonyl (C=O) groups is 1. The summed E-state index contributed by atoms with van der Waals surface area (Å²) in [6.45, 7) is -1.26. The summed E-state index contributed by atoms with van der Waals surface area (Å²) >= 11 is 0. The van der Waals surface area contributed by atoms with Gasteiger partial charge in [-0.2, -0.15) is 13.9 Å². The summed E-state index contributed by atoms with van der Waals surface area (Å²) in [5, 5.41) is 16.9. The number of ether oxygens (including phenoxy) is 3. The summed E-state index contributed by atoms with van der Waals surface area (Å²) in [7, 11) is 1.46. The van der Waals surface area contributed by atoms with Gasteiger partial charge in [0.2, 0.25) is 5.88 Å². The number of halogens is 2. The number of aromatic nitrogens is 3. The molecule has 0 aliphatic heterocycles. The van der Waals surface area contributed by atoms with Crippen molar-refractivity contribution >= 4 is 27.6 Å². The lowest BCUT2D eigenvalue weighted by molar-refractivity contribution is -0.0549. The van der Waals surface area contributed by atoms with Crippen LogP contribution in [0.5, 0.6) is 11.6 Å². The lowest BCUT2D eigenvalue weighted by atomic mass is 9.99. The monoisotopic (exact) mass is 549 g/mol. The van der Waals surface area contributed by atoms with Crippen molar-refractivity contribution in [2.45, 2.75) is 33.0 Å². The van der Waals surface area contributed by atoms with Crippen LogP contribution in [0.4, 0.5) is 8.78 Å². The third kappa shape index (κ3) is 5.22. The summed E-state index contributed by atoms with van der Waals surface area (Å²) in [6, 6.07) is 19.2. The SMILES string of the molecule is CCOC(=O)c1[nH]c2c(-c3c(CO)nn(C)c3OC(F)F)cccc2c1CCCOc1cccc2ccccc12. The molecule has 0 aliphatic rings. The van der Waals surface area contributed by atoms with Crippen LogP contribution in [-0.4, -0.2) is 45.7 Å². The largest absolute Gasteiger partial charge is 0.493 e. The Labute approximate surface area is 229 Å². The van der Waals surface area contributed by atoms with E-state index in [0.29, 0.717) is 30.5 Å². The van der Waals surface area contributed by atoms with Gasteiger partial charge in [0.15, 0.2) is 0 Å². The van der Waals surface area contributed by atoms with Gasteiger partial charge in [-0.15, -0.1) is 0 Å². The molecule has 5 aromatic rings. The zero-order valence-corrected chi connectivity index (χ0v) is 22.1. The van der Waals surface area contributed by atoms with Crippen LogP contribution in [-0.2, 0) is 24.8 Å². The number of alkyl halides is 2. The molecule has 3 aromatic carbocycles. The number of hydrogen-bond donors (Lipinski definition) is 2. The molecule has 2 heterocycles. The first-order chi connectivity index (χ1) is 19.4. The summed E-state index contributed by atoms with van der Waals surface area (Å²) in [5.74, 6) is 0.0701. The topological polar surface area (TPSA) is 98.6 Å². The second-order valence-corrected chi connectivity index (χ2v) is 9.14. The number of aromatic amines is 1. The third-order valence-electron chi connectivity index (χ3n) is 6.69. The maximum atomic E-state index is 13.3. The predicted molar refractivity (Wildman–Crippen MR) is 147 cm³/mol. The Kier molecular flexibility index (Phi) is 7.97. The van der Waals surface area contributed by atoms with Gasteiger partial charge in [-0.25, -0.2) is 9.48 Å². The number of esters is 1. The maximum Gasteiger partial charge on any atom is 0.388 e. The number of nitrogens with one attached hydrogen (secondary N) is 1. The molecule has 0 fully saturated rings. The zero-order valence-electron chi connectivity index (χ0n) is 22.1. The van der Waals surface area contributed by atoms with Gasteiger partial charge in [-0.1, -0.05) is 54.6 Å². The molecule has 2 N–H and O–H groups in total. The molecule has 0 bridgehead atoms. The van der Waals surface area contributed by atoms with Crippen LogP contribution < -0.4 is 9.47 Å². The lowest BCUT2D eigenvalue weighted by Gasteiger charge is -2.10. The van der Waals surface area contributed by atoms with Crippen LogP contribution in [0, 0.1) is 0 Å². The minimum Gasteiger partial charge on any atom is -0.493 e. The molecule has 0 saturated heterocycles. The second kappa shape index (κ2) is 11.7. The van der Waals surface area contributed by atoms with Crippen LogP contribution in [0.15, 0.2) is 60.7 Å². The molecule has 2 aromatic heterocycles. The Morgan fingerprint density at radius 2 is 1.82 bits per heavy atom. The fourth-order valence-corrected chi connectivity index (χ4v) is 5.03. The van der Waals surface area contributed by atoms with Crippen molar-refractivity contribution in [3.8, 4) is 22.8 Å². The Morgan fingerprint density at radius 1 is 1.07 bits per heavy atom. The van der Waals surface area contributed by atoms with Crippen LogP contribution in [0.25, 0.3) is 32.8 Å². The molecule has 208 valence electrons. The summed E-state index contributed by atoms with van der Waals surface area (Å²) in [5.41, 5.74) is 2.38. The van der Waals surface area contributed by atoms with Gasteiger partial charge in [-0.05, 0) is 36.8 Å². The van der Waals surface area contributed by atoms with E-state index in [4.69, 9.17) is 14.2 Å². The van der Waals surface area contributed by atoms with Gasteiger partial charge in [-0.3, -0.25) is 0 Å². The minimum atomic E-state index is -3.09. The summed E-state index contributed by atoms with van der Waals surface area (Å²) < 4.78 is 43.9. The number of aliphatic hydroxyl groups excluding tert-OH is 1. The molecule has 0 amide bonds. The van der Waals surface area contributed by atoms with Crippen LogP contribution >= 0.6 is 0 Å². The van der Waals surface area contributed by atoms with Gasteiger partial charge in [0.25, 0.3) is 0 Å². The molecule has 0 aliphatic carbocycles. The average Bonchev–Trinajstić information content (AvgIpc) is 3.48. The lowest BCUT2D eigenvalue weighted by Crippen LogP contribution is -2.09. The van der Waals surface area contributed by atoms with Crippen molar-refractivity contribution in [2.75, 3.05) is 13.2 Å². The van der Waals surface area contributed by atoms with Crippen LogP contribution in [0.1, 0.15) is 35.1 Å². The highest BCUT2D eigenvalue weighted by molar-refractivity contribution is 6.04. The van der Waals surface area contributed by atoms with Crippen molar-refractivity contribution in [3.05, 3.63) is 77.6 Å². The van der Waals surface area contributed by atoms with Crippen molar-refractivity contribution in [2.24, 2.45) is 7.05 Å². The number of nitrogens with zero attached hydrogens (tertiary/aromatic N) is 2. The Morgan fingerprint density at radius 3 is 2.60 bits per heavy atom. The van der Waals surface area contributed by atoms with E-state index in [1.807, 2.05) is 48.5 Å². The van der Waals surface area contributed by atoms with E-state index in [0.717, 1.165) is 32.2 Å². The van der Waals surface area contributed by atoms with Gasteiger partial charge in [0, 0.05) is 23.4 Å². The first-order valence-corrected chi connectivity index (χ1v) is 13.0. The first kappa shape index (κ1) is 27.1. The molecule has 5 rings (SSSR count). The van der Waals surface area contributed by atoms with E-state index in [-0.39, 0.29) is 29.4 Å². The molecule has 0 saturated carbocycles. The van der Waals surface area contributed by atoms with Gasteiger partial charge < -0.3 is 24.3 Å². The number of aryl methyl sites for hydroxylation is 2. The fraction of sp³-hybridized carbons (Fsp3) is 0.267. The predicted octanol–water partition coefficient (Wildman–Crippen LogP) is 6.00. The molecule has 8 nitrogen and oxygen atoms in total. The molecule has 0 radical (unpaired) electrons. The normalized spacial score (nSPS) is 11.4. The van der Waals surface area contributed by atoms with E-state index >= 15 is 0 Å². The Balaban J connectivity index is 1.50. The van der Waals surface area contributed by atoms with Gasteiger partial charge in [0.1, 0.15) is 11.4 Å². The van der Waals surface area contributed by atoms with E-state index in [1.54, 1.807) is 19.1 Å². The van der Waals surface area contributed by atoms with E-state index < -0.39 is 19.2 Å². The Hall–Kier alpha value is -4.44. The van der Waals surface area contributed by atoms with Crippen molar-refractivity contribution < 1.29 is 32.9 Å². The van der Waals surface area contributed by atoms with E-state index in [9.17, 15) is 18.7 Å². The number of hydrogen-bond acceptors (Lipinski definition) is 6. The van der Waals surface area contributed by atoms with Crippen molar-refractivity contribution in [1.29, 1.82) is 0 Å². The number of H-pyrrole nitrogens is 1. The number of para-hydroxylation sites is 1. The number of fused-ring (bicyclic) bond motifs is 2. The standard InChI is InChI=1S/C30H29F2N3O5/c1-3-38-29(37)27-21(14-8-16-39-24-15-6-10-18-9-4-5-11-19(18)24)20-12-7-13-22(26(20)33-27)25-23(17-36)34-35(2)28(25)40-30(31)32/h4-7,9-13,15,30,33,36H,3,8,14,16-17H2,1-2H3. The number of benzene rings is 3. The van der Waals surface area contributed by atoms with E-state index in [1.165, 1.54) is 7.05 Å². The zero-order chi connectivity index (χ0) is 28.2. The van der Waals surface area contributed by atoms with Crippen LogP contribution in [0.2, 0.25) is 0 Å². The second-order valence-electron chi connectivity index (χ2n) is 9.14. The quantitative estimate of drug-likeness (QED) is 0.155. The average molecular weight is 550 g/mol. The molecule has 0 unspecified atom stereocenters. The summed E-state index contributed by atoms with van der Waals surface area (Å²) in [4.78, 5) is 16.1. The number of carbonyl (C=O) groups excluding carboxylic acids is 1. The van der Waals surface area contributed by atoms with Crippen molar-refractivity contribution in [3.63, 3.8) is 0 Å². The third-order valence-corrected chi connectivity index (χ3v) is 6.69. The molecule has 0 spiro atoms. The highest BCUT2D eigenvalue weighted by Gasteiger charge is 2.26.